The predicted molar refractivity (Wildman–Crippen MR) is 99.5 cm³/mol. The number of aliphatic imine (C=N–C) groups is 1. The highest BCUT2D eigenvalue weighted by Crippen LogP contribution is 2.16. The average molecular weight is 333 g/mol. The number of nitrogens with one attached hydrogen (secondary N) is 1. The lowest BCUT2D eigenvalue weighted by molar-refractivity contribution is 0.0415. The Morgan fingerprint density at radius 1 is 1.21 bits per heavy atom. The van der Waals surface area contributed by atoms with Crippen LogP contribution in [0, 0.1) is 0 Å². The Morgan fingerprint density at radius 3 is 2.46 bits per heavy atom. The summed E-state index contributed by atoms with van der Waals surface area (Å²) in [6.07, 6.45) is 3.28. The van der Waals surface area contributed by atoms with E-state index in [1.54, 1.807) is 0 Å². The maximum atomic E-state index is 10.5. The van der Waals surface area contributed by atoms with E-state index < -0.39 is 5.60 Å². The molecule has 6 heteroatoms. The van der Waals surface area contributed by atoms with E-state index in [4.69, 9.17) is 4.99 Å². The van der Waals surface area contributed by atoms with Crippen molar-refractivity contribution < 1.29 is 5.11 Å². The van der Waals surface area contributed by atoms with Gasteiger partial charge in [0.25, 0.3) is 0 Å². The number of guanidine groups is 1. The lowest BCUT2D eigenvalue weighted by atomic mass is 9.98. The zero-order chi connectivity index (χ0) is 17.4. The summed E-state index contributed by atoms with van der Waals surface area (Å²) in [7, 11) is 0. The third-order valence-corrected chi connectivity index (χ3v) is 4.73. The van der Waals surface area contributed by atoms with Crippen LogP contribution in [0.4, 0.5) is 5.82 Å². The molecule has 1 aromatic heterocycles. The number of anilines is 1. The van der Waals surface area contributed by atoms with Gasteiger partial charge in [0.05, 0.1) is 12.1 Å². The van der Waals surface area contributed by atoms with Crippen molar-refractivity contribution >= 4 is 11.8 Å². The zero-order valence-corrected chi connectivity index (χ0v) is 15.2. The molecule has 24 heavy (non-hydrogen) atoms. The van der Waals surface area contributed by atoms with Gasteiger partial charge < -0.3 is 20.2 Å². The van der Waals surface area contributed by atoms with Crippen molar-refractivity contribution in [2.24, 2.45) is 4.99 Å². The summed E-state index contributed by atoms with van der Waals surface area (Å²) in [6.45, 7) is 11.0. The molecule has 1 aromatic rings. The molecule has 0 amide bonds. The summed E-state index contributed by atoms with van der Waals surface area (Å²) >= 11 is 0. The van der Waals surface area contributed by atoms with Gasteiger partial charge in [-0.05, 0) is 31.9 Å². The molecule has 134 valence electrons. The van der Waals surface area contributed by atoms with E-state index in [2.05, 4.69) is 33.1 Å². The minimum absolute atomic E-state index is 0.447. The molecule has 2 rings (SSSR count). The van der Waals surface area contributed by atoms with Gasteiger partial charge >= 0.3 is 0 Å². The molecular weight excluding hydrogens is 302 g/mol. The van der Waals surface area contributed by atoms with Crippen LogP contribution in [0.25, 0.3) is 0 Å². The molecular formula is C18H31N5O. The second-order valence-corrected chi connectivity index (χ2v) is 6.26. The van der Waals surface area contributed by atoms with Gasteiger partial charge in [0.15, 0.2) is 5.96 Å². The van der Waals surface area contributed by atoms with Crippen LogP contribution in [-0.4, -0.2) is 65.8 Å². The minimum Gasteiger partial charge on any atom is -0.388 e. The van der Waals surface area contributed by atoms with E-state index in [-0.39, 0.29) is 0 Å². The van der Waals surface area contributed by atoms with Crippen LogP contribution in [0.5, 0.6) is 0 Å². The maximum absolute atomic E-state index is 10.5. The SMILES string of the molecule is CCNC(=NCC(O)(CC)CC)N1CCN(c2ccccn2)CC1. The fraction of sp³-hybridized carbons (Fsp3) is 0.667. The van der Waals surface area contributed by atoms with Crippen LogP contribution >= 0.6 is 0 Å². The van der Waals surface area contributed by atoms with Crippen molar-refractivity contribution in [1.29, 1.82) is 0 Å². The molecule has 2 heterocycles. The molecule has 0 atom stereocenters. The summed E-state index contributed by atoms with van der Waals surface area (Å²) in [4.78, 5) is 13.7. The molecule has 1 saturated heterocycles. The van der Waals surface area contributed by atoms with Gasteiger partial charge in [0, 0.05) is 38.9 Å². The van der Waals surface area contributed by atoms with Crippen LogP contribution in [0.15, 0.2) is 29.4 Å². The Kier molecular flexibility index (Phi) is 6.85. The number of rotatable bonds is 6. The number of aliphatic hydroxyl groups is 1. The van der Waals surface area contributed by atoms with Gasteiger partial charge in [-0.3, -0.25) is 4.99 Å². The first-order valence-electron chi connectivity index (χ1n) is 9.03. The third kappa shape index (κ3) is 4.84. The smallest absolute Gasteiger partial charge is 0.194 e. The van der Waals surface area contributed by atoms with E-state index in [9.17, 15) is 5.11 Å². The highest BCUT2D eigenvalue weighted by molar-refractivity contribution is 5.80. The second-order valence-electron chi connectivity index (χ2n) is 6.26. The van der Waals surface area contributed by atoms with Gasteiger partial charge in [-0.1, -0.05) is 19.9 Å². The van der Waals surface area contributed by atoms with Crippen molar-refractivity contribution in [2.45, 2.75) is 39.2 Å². The summed E-state index contributed by atoms with van der Waals surface area (Å²) in [5.74, 6) is 1.93. The van der Waals surface area contributed by atoms with Crippen LogP contribution in [0.1, 0.15) is 33.6 Å². The number of hydrogen-bond acceptors (Lipinski definition) is 4. The molecule has 0 bridgehead atoms. The van der Waals surface area contributed by atoms with E-state index in [1.807, 2.05) is 32.2 Å². The highest BCUT2D eigenvalue weighted by atomic mass is 16.3. The van der Waals surface area contributed by atoms with Crippen LogP contribution in [0.2, 0.25) is 0 Å². The number of piperazine rings is 1. The van der Waals surface area contributed by atoms with Crippen LogP contribution < -0.4 is 10.2 Å². The summed E-state index contributed by atoms with van der Waals surface area (Å²) in [5.41, 5.74) is -0.698. The van der Waals surface area contributed by atoms with E-state index in [0.717, 1.165) is 57.3 Å². The van der Waals surface area contributed by atoms with Gasteiger partial charge in [-0.2, -0.15) is 0 Å². The van der Waals surface area contributed by atoms with E-state index in [0.29, 0.717) is 6.54 Å². The predicted octanol–water partition coefficient (Wildman–Crippen LogP) is 1.72. The molecule has 0 aliphatic carbocycles. The lowest BCUT2D eigenvalue weighted by Gasteiger charge is -2.37. The van der Waals surface area contributed by atoms with Gasteiger partial charge in [-0.15, -0.1) is 0 Å². The zero-order valence-electron chi connectivity index (χ0n) is 15.2. The van der Waals surface area contributed by atoms with E-state index >= 15 is 0 Å². The summed E-state index contributed by atoms with van der Waals surface area (Å²) in [6, 6.07) is 6.02. The van der Waals surface area contributed by atoms with Gasteiger partial charge in [0.1, 0.15) is 5.82 Å². The number of hydrogen-bond donors (Lipinski definition) is 2. The summed E-state index contributed by atoms with van der Waals surface area (Å²) in [5, 5.41) is 13.8. The number of pyridine rings is 1. The average Bonchev–Trinajstić information content (AvgIpc) is 2.66. The molecule has 0 radical (unpaired) electrons. The Bertz CT molecular complexity index is 507. The third-order valence-electron chi connectivity index (χ3n) is 4.73. The van der Waals surface area contributed by atoms with Crippen molar-refractivity contribution in [3.63, 3.8) is 0 Å². The first-order chi connectivity index (χ1) is 11.6. The largest absolute Gasteiger partial charge is 0.388 e. The first-order valence-corrected chi connectivity index (χ1v) is 9.03. The topological polar surface area (TPSA) is 64.0 Å². The van der Waals surface area contributed by atoms with Gasteiger partial charge in [0.2, 0.25) is 0 Å². The highest BCUT2D eigenvalue weighted by Gasteiger charge is 2.24. The molecule has 0 spiro atoms. The molecule has 0 unspecified atom stereocenters. The maximum Gasteiger partial charge on any atom is 0.194 e. The standard InChI is InChI=1S/C18H31N5O/c1-4-18(24,5-2)15-21-17(19-6-3)23-13-11-22(12-14-23)16-9-7-8-10-20-16/h7-10,24H,4-6,11-15H2,1-3H3,(H,19,21). The van der Waals surface area contributed by atoms with Crippen molar-refractivity contribution in [1.82, 2.24) is 15.2 Å². The quantitative estimate of drug-likeness (QED) is 0.613. The first kappa shape index (κ1) is 18.5. The molecule has 0 aromatic carbocycles. The Hall–Kier alpha value is -1.82. The Morgan fingerprint density at radius 2 is 1.92 bits per heavy atom. The van der Waals surface area contributed by atoms with E-state index in [1.165, 1.54) is 0 Å². The molecule has 2 N–H and O–H groups in total. The van der Waals surface area contributed by atoms with Crippen molar-refractivity contribution in [3.8, 4) is 0 Å². The van der Waals surface area contributed by atoms with Crippen LogP contribution in [0.3, 0.4) is 0 Å². The summed E-state index contributed by atoms with van der Waals surface area (Å²) < 4.78 is 0. The normalized spacial score (nSPS) is 16.4. The Labute approximate surface area is 145 Å². The molecule has 1 aliphatic heterocycles. The number of nitrogens with zero attached hydrogens (tertiary/aromatic N) is 4. The fourth-order valence-corrected chi connectivity index (χ4v) is 2.81. The monoisotopic (exact) mass is 333 g/mol. The molecule has 6 nitrogen and oxygen atoms in total. The molecule has 0 saturated carbocycles. The molecule has 1 aliphatic rings. The molecule has 1 fully saturated rings. The lowest BCUT2D eigenvalue weighted by Crippen LogP contribution is -2.53. The second kappa shape index (κ2) is 8.87. The number of aromatic nitrogens is 1. The van der Waals surface area contributed by atoms with Gasteiger partial charge in [-0.25, -0.2) is 4.98 Å². The van der Waals surface area contributed by atoms with Crippen molar-refractivity contribution in [2.75, 3.05) is 44.2 Å². The fourth-order valence-electron chi connectivity index (χ4n) is 2.81. The minimum atomic E-state index is -0.698. The Balaban J connectivity index is 1.98. The van der Waals surface area contributed by atoms with Crippen molar-refractivity contribution in [3.05, 3.63) is 24.4 Å². The van der Waals surface area contributed by atoms with Crippen LogP contribution in [-0.2, 0) is 0 Å².